The second-order valence-corrected chi connectivity index (χ2v) is 4.76. The molecular formula is C13H21N5. The number of nitrogens with zero attached hydrogens (tertiary/aromatic N) is 3. The maximum absolute atomic E-state index is 7.99. The van der Waals surface area contributed by atoms with Crippen LogP contribution in [0.15, 0.2) is 18.2 Å². The van der Waals surface area contributed by atoms with Crippen molar-refractivity contribution in [3.05, 3.63) is 18.2 Å². The Labute approximate surface area is 110 Å². The fraction of sp³-hybridized carbons (Fsp3) is 0.615. The summed E-state index contributed by atoms with van der Waals surface area (Å²) in [5, 5.41) is 6.68. The molecule has 0 bridgehead atoms. The smallest absolute Gasteiger partial charge is 0.131 e. The Morgan fingerprint density at radius 1 is 0.889 bits per heavy atom. The van der Waals surface area contributed by atoms with Gasteiger partial charge in [-0.15, -0.1) is 0 Å². The van der Waals surface area contributed by atoms with Crippen molar-refractivity contribution < 1.29 is 1.37 Å². The molecule has 3 heterocycles. The summed E-state index contributed by atoms with van der Waals surface area (Å²) in [6.07, 6.45) is 0. The van der Waals surface area contributed by atoms with E-state index >= 15 is 0 Å². The number of anilines is 2. The van der Waals surface area contributed by atoms with Gasteiger partial charge in [0.25, 0.3) is 0 Å². The Hall–Kier alpha value is -1.33. The normalized spacial score (nSPS) is 21.9. The van der Waals surface area contributed by atoms with E-state index in [0.717, 1.165) is 64.0 Å². The SMILES string of the molecule is [2H]c1cc(N2CCNCC2)nc(N2CCNCC2)c1. The van der Waals surface area contributed by atoms with Gasteiger partial charge < -0.3 is 20.4 Å². The van der Waals surface area contributed by atoms with Gasteiger partial charge in [-0.1, -0.05) is 6.04 Å². The number of rotatable bonds is 2. The van der Waals surface area contributed by atoms with Crippen molar-refractivity contribution in [1.82, 2.24) is 15.6 Å². The molecular weight excluding hydrogens is 226 g/mol. The molecule has 18 heavy (non-hydrogen) atoms. The van der Waals surface area contributed by atoms with Gasteiger partial charge in [-0.3, -0.25) is 0 Å². The number of hydrogen-bond donors (Lipinski definition) is 2. The molecule has 2 fully saturated rings. The topological polar surface area (TPSA) is 43.4 Å². The number of pyridine rings is 1. The average Bonchev–Trinajstić information content (AvgIpc) is 2.48. The van der Waals surface area contributed by atoms with Crippen LogP contribution in [0, 0.1) is 0 Å². The second-order valence-electron chi connectivity index (χ2n) is 4.76. The van der Waals surface area contributed by atoms with Crippen LogP contribution in [0.5, 0.6) is 0 Å². The van der Waals surface area contributed by atoms with Gasteiger partial charge in [-0.2, -0.15) is 0 Å². The van der Waals surface area contributed by atoms with E-state index in [2.05, 4.69) is 20.4 Å². The van der Waals surface area contributed by atoms with E-state index < -0.39 is 0 Å². The van der Waals surface area contributed by atoms with E-state index in [4.69, 9.17) is 6.35 Å². The van der Waals surface area contributed by atoms with Crippen molar-refractivity contribution >= 4 is 11.6 Å². The van der Waals surface area contributed by atoms with Crippen LogP contribution in [-0.2, 0) is 0 Å². The molecule has 0 radical (unpaired) electrons. The molecule has 0 saturated carbocycles. The van der Waals surface area contributed by atoms with Crippen LogP contribution in [-0.4, -0.2) is 57.3 Å². The van der Waals surface area contributed by atoms with E-state index in [1.807, 2.05) is 12.1 Å². The fourth-order valence-corrected chi connectivity index (χ4v) is 2.48. The average molecular weight is 248 g/mol. The number of nitrogens with one attached hydrogen (secondary N) is 2. The first kappa shape index (κ1) is 10.6. The Morgan fingerprint density at radius 3 is 1.78 bits per heavy atom. The van der Waals surface area contributed by atoms with Gasteiger partial charge in [0.15, 0.2) is 0 Å². The third-order valence-electron chi connectivity index (χ3n) is 3.54. The summed E-state index contributed by atoms with van der Waals surface area (Å²) in [4.78, 5) is 9.29. The maximum Gasteiger partial charge on any atom is 0.131 e. The Morgan fingerprint density at radius 2 is 1.33 bits per heavy atom. The molecule has 5 heteroatoms. The van der Waals surface area contributed by atoms with Crippen molar-refractivity contribution in [2.24, 2.45) is 0 Å². The molecule has 0 unspecified atom stereocenters. The third-order valence-corrected chi connectivity index (χ3v) is 3.54. The first-order valence-corrected chi connectivity index (χ1v) is 6.73. The summed E-state index contributed by atoms with van der Waals surface area (Å²) < 4.78 is 7.99. The molecule has 5 nitrogen and oxygen atoms in total. The van der Waals surface area contributed by atoms with Crippen LogP contribution in [0.4, 0.5) is 11.6 Å². The molecule has 0 atom stereocenters. The molecule has 2 N–H and O–H groups in total. The Bertz CT molecular complexity index is 391. The number of aromatic nitrogens is 1. The van der Waals surface area contributed by atoms with Crippen molar-refractivity contribution in [3.8, 4) is 0 Å². The molecule has 3 rings (SSSR count). The summed E-state index contributed by atoms with van der Waals surface area (Å²) in [5.41, 5.74) is 0. The minimum Gasteiger partial charge on any atom is -0.354 e. The van der Waals surface area contributed by atoms with Crippen molar-refractivity contribution in [3.63, 3.8) is 0 Å². The molecule has 0 aromatic carbocycles. The first-order chi connectivity index (χ1) is 9.33. The zero-order valence-corrected chi connectivity index (χ0v) is 10.7. The van der Waals surface area contributed by atoms with E-state index in [9.17, 15) is 0 Å². The highest BCUT2D eigenvalue weighted by molar-refractivity contribution is 5.49. The van der Waals surface area contributed by atoms with Gasteiger partial charge in [0.2, 0.25) is 0 Å². The molecule has 2 saturated heterocycles. The molecule has 0 amide bonds. The van der Waals surface area contributed by atoms with E-state index in [1.165, 1.54) is 0 Å². The largest absolute Gasteiger partial charge is 0.354 e. The van der Waals surface area contributed by atoms with Crippen LogP contribution in [0.1, 0.15) is 1.37 Å². The lowest BCUT2D eigenvalue weighted by atomic mass is 10.3. The second kappa shape index (κ2) is 5.54. The summed E-state index contributed by atoms with van der Waals surface area (Å²) in [7, 11) is 0. The molecule has 98 valence electrons. The van der Waals surface area contributed by atoms with Gasteiger partial charge in [0.05, 0.1) is 1.37 Å². The monoisotopic (exact) mass is 248 g/mol. The quantitative estimate of drug-likeness (QED) is 0.765. The van der Waals surface area contributed by atoms with Crippen LogP contribution in [0.2, 0.25) is 0 Å². The lowest BCUT2D eigenvalue weighted by molar-refractivity contribution is 0.577. The van der Waals surface area contributed by atoms with E-state index in [-0.39, 0.29) is 0 Å². The minimum atomic E-state index is 0.553. The lowest BCUT2D eigenvalue weighted by Crippen LogP contribution is -2.45. The molecule has 1 aromatic heterocycles. The van der Waals surface area contributed by atoms with Gasteiger partial charge >= 0.3 is 0 Å². The van der Waals surface area contributed by atoms with Gasteiger partial charge in [-0.25, -0.2) is 4.98 Å². The molecule has 2 aliphatic heterocycles. The number of piperazine rings is 2. The summed E-state index contributed by atoms with van der Waals surface area (Å²) >= 11 is 0. The van der Waals surface area contributed by atoms with Crippen molar-refractivity contribution in [2.45, 2.75) is 0 Å². The minimum absolute atomic E-state index is 0.553. The van der Waals surface area contributed by atoms with Gasteiger partial charge in [-0.05, 0) is 12.1 Å². The first-order valence-electron chi connectivity index (χ1n) is 7.23. The van der Waals surface area contributed by atoms with Gasteiger partial charge in [0.1, 0.15) is 11.6 Å². The molecule has 2 aliphatic rings. The summed E-state index contributed by atoms with van der Waals surface area (Å²) in [5.74, 6) is 1.89. The molecule has 1 aromatic rings. The third kappa shape index (κ3) is 2.57. The van der Waals surface area contributed by atoms with Crippen molar-refractivity contribution in [1.29, 1.82) is 0 Å². The van der Waals surface area contributed by atoms with Crippen LogP contribution >= 0.6 is 0 Å². The highest BCUT2D eigenvalue weighted by Crippen LogP contribution is 2.18. The fourth-order valence-electron chi connectivity index (χ4n) is 2.48. The van der Waals surface area contributed by atoms with Crippen molar-refractivity contribution in [2.75, 3.05) is 62.2 Å². The molecule has 0 spiro atoms. The van der Waals surface area contributed by atoms with Crippen LogP contribution in [0.25, 0.3) is 0 Å². The zero-order chi connectivity index (χ0) is 13.1. The van der Waals surface area contributed by atoms with Gasteiger partial charge in [0, 0.05) is 52.4 Å². The standard InChI is InChI=1S/C13H21N5/c1-2-12(17-8-4-14-5-9-17)16-13(3-1)18-10-6-15-7-11-18/h1-3,14-15H,4-11H2/i1D. The molecule has 0 aliphatic carbocycles. The predicted octanol–water partition coefficient (Wildman–Crippen LogP) is -0.0992. The zero-order valence-electron chi connectivity index (χ0n) is 11.7. The van der Waals surface area contributed by atoms with Crippen LogP contribution in [0.3, 0.4) is 0 Å². The summed E-state index contributed by atoms with van der Waals surface area (Å²) in [6.45, 7) is 7.85. The Balaban J connectivity index is 1.82. The summed E-state index contributed by atoms with van der Waals surface area (Å²) in [6, 6.07) is 4.30. The highest BCUT2D eigenvalue weighted by atomic mass is 15.3. The number of hydrogen-bond acceptors (Lipinski definition) is 5. The lowest BCUT2D eigenvalue weighted by Gasteiger charge is -2.31. The van der Waals surface area contributed by atoms with E-state index in [1.54, 1.807) is 0 Å². The Kier molecular flexibility index (Phi) is 3.26. The van der Waals surface area contributed by atoms with Crippen LogP contribution < -0.4 is 20.4 Å². The maximum atomic E-state index is 7.99. The predicted molar refractivity (Wildman–Crippen MR) is 74.4 cm³/mol. The highest BCUT2D eigenvalue weighted by Gasteiger charge is 2.15. The van der Waals surface area contributed by atoms with E-state index in [0.29, 0.717) is 6.04 Å².